The van der Waals surface area contributed by atoms with Gasteiger partial charge < -0.3 is 15.2 Å². The normalized spacial score (nSPS) is 19.7. The van der Waals surface area contributed by atoms with Crippen LogP contribution in [-0.2, 0) is 4.74 Å². The second-order valence-corrected chi connectivity index (χ2v) is 4.85. The summed E-state index contributed by atoms with van der Waals surface area (Å²) in [4.78, 5) is 0. The van der Waals surface area contributed by atoms with E-state index >= 15 is 0 Å². The molecule has 0 saturated heterocycles. The van der Waals surface area contributed by atoms with E-state index in [9.17, 15) is 5.11 Å². The molecule has 0 aromatic carbocycles. The van der Waals surface area contributed by atoms with E-state index in [1.54, 1.807) is 0 Å². The van der Waals surface area contributed by atoms with Crippen molar-refractivity contribution in [1.29, 1.82) is 0 Å². The first-order valence-electron chi connectivity index (χ1n) is 5.53. The summed E-state index contributed by atoms with van der Waals surface area (Å²) < 4.78 is 5.48. The fourth-order valence-corrected chi connectivity index (χ4v) is 1.13. The maximum Gasteiger partial charge on any atom is 0.0741 e. The summed E-state index contributed by atoms with van der Waals surface area (Å²) in [6.07, 6.45) is 2.68. The lowest BCUT2D eigenvalue weighted by Crippen LogP contribution is -2.45. The van der Waals surface area contributed by atoms with Gasteiger partial charge in [0.2, 0.25) is 0 Å². The Morgan fingerprint density at radius 2 is 2.14 bits per heavy atom. The third-order valence-corrected chi connectivity index (χ3v) is 2.81. The minimum absolute atomic E-state index is 0.104. The van der Waals surface area contributed by atoms with E-state index < -0.39 is 5.60 Å². The number of aliphatic hydroxyl groups is 1. The lowest BCUT2D eigenvalue weighted by molar-refractivity contribution is 0.0394. The first-order valence-corrected chi connectivity index (χ1v) is 5.53. The maximum atomic E-state index is 9.64. The Bertz CT molecular complexity index is 161. The smallest absolute Gasteiger partial charge is 0.0741 e. The fourth-order valence-electron chi connectivity index (χ4n) is 1.13. The van der Waals surface area contributed by atoms with E-state index in [4.69, 9.17) is 4.74 Å². The van der Waals surface area contributed by atoms with Crippen molar-refractivity contribution < 1.29 is 9.84 Å². The third-order valence-electron chi connectivity index (χ3n) is 2.81. The van der Waals surface area contributed by atoms with Gasteiger partial charge in [0.05, 0.1) is 12.2 Å². The molecule has 0 radical (unpaired) electrons. The second-order valence-electron chi connectivity index (χ2n) is 4.85. The number of rotatable bonds is 7. The minimum atomic E-state index is -0.656. The highest BCUT2D eigenvalue weighted by Gasteiger charge is 2.22. The van der Waals surface area contributed by atoms with Crippen molar-refractivity contribution in [2.24, 2.45) is 5.92 Å². The molecule has 0 spiro atoms. The first kappa shape index (κ1) is 12.0. The molecule has 0 heterocycles. The van der Waals surface area contributed by atoms with E-state index in [2.05, 4.69) is 5.32 Å². The number of nitrogens with one attached hydrogen (secondary N) is 1. The Balaban J connectivity index is 1.91. The average Bonchev–Trinajstić information content (AvgIpc) is 2.85. The lowest BCUT2D eigenvalue weighted by Gasteiger charge is -2.26. The summed E-state index contributed by atoms with van der Waals surface area (Å²) in [5.74, 6) is 0.835. The van der Waals surface area contributed by atoms with Crippen molar-refractivity contribution in [1.82, 2.24) is 5.32 Å². The summed E-state index contributed by atoms with van der Waals surface area (Å²) in [6, 6.07) is 0.104. The van der Waals surface area contributed by atoms with Crippen molar-refractivity contribution >= 4 is 0 Å². The zero-order chi connectivity index (χ0) is 10.6. The van der Waals surface area contributed by atoms with Gasteiger partial charge in [-0.05, 0) is 39.5 Å². The van der Waals surface area contributed by atoms with Crippen LogP contribution in [0.15, 0.2) is 0 Å². The van der Waals surface area contributed by atoms with Crippen LogP contribution >= 0.6 is 0 Å². The quantitative estimate of drug-likeness (QED) is 0.607. The number of hydrogen-bond acceptors (Lipinski definition) is 3. The van der Waals surface area contributed by atoms with Crippen LogP contribution < -0.4 is 5.32 Å². The highest BCUT2D eigenvalue weighted by Crippen LogP contribution is 2.28. The molecule has 1 aliphatic rings. The monoisotopic (exact) mass is 201 g/mol. The number of hydrogen-bond donors (Lipinski definition) is 2. The molecule has 0 aromatic rings. The van der Waals surface area contributed by atoms with Crippen LogP contribution in [0.3, 0.4) is 0 Å². The molecule has 0 aliphatic heterocycles. The molecule has 1 fully saturated rings. The van der Waals surface area contributed by atoms with Crippen molar-refractivity contribution in [3.8, 4) is 0 Å². The zero-order valence-electron chi connectivity index (χ0n) is 9.55. The van der Waals surface area contributed by atoms with Crippen molar-refractivity contribution in [2.75, 3.05) is 19.8 Å². The molecule has 0 amide bonds. The summed E-state index contributed by atoms with van der Waals surface area (Å²) in [7, 11) is 0. The first-order chi connectivity index (χ1) is 6.50. The molecule has 1 atom stereocenters. The fraction of sp³-hybridized carbons (Fsp3) is 1.00. The van der Waals surface area contributed by atoms with E-state index in [0.29, 0.717) is 0 Å². The molecule has 0 bridgehead atoms. The Hall–Kier alpha value is -0.120. The Kier molecular flexibility index (Phi) is 4.35. The van der Waals surface area contributed by atoms with E-state index in [1.165, 1.54) is 12.8 Å². The molecule has 3 heteroatoms. The molecular formula is C11H23NO2. The predicted octanol–water partition coefficient (Wildman–Crippen LogP) is 1.16. The molecule has 1 unspecified atom stereocenters. The van der Waals surface area contributed by atoms with E-state index in [1.807, 2.05) is 20.8 Å². The van der Waals surface area contributed by atoms with Crippen LogP contribution in [0.1, 0.15) is 33.6 Å². The largest absolute Gasteiger partial charge is 0.389 e. The van der Waals surface area contributed by atoms with Crippen LogP contribution in [0.25, 0.3) is 0 Å². The standard InChI is InChI=1S/C11H23NO2/c1-9(11(2,3)13)12-6-7-14-8-10-4-5-10/h9-10,12-13H,4-8H2,1-3H3. The second kappa shape index (κ2) is 5.10. The van der Waals surface area contributed by atoms with Crippen molar-refractivity contribution in [3.05, 3.63) is 0 Å². The highest BCUT2D eigenvalue weighted by atomic mass is 16.5. The van der Waals surface area contributed by atoms with Crippen molar-refractivity contribution in [2.45, 2.75) is 45.3 Å². The zero-order valence-corrected chi connectivity index (χ0v) is 9.55. The van der Waals surface area contributed by atoms with Gasteiger partial charge in [-0.15, -0.1) is 0 Å². The van der Waals surface area contributed by atoms with Crippen LogP contribution in [0.5, 0.6) is 0 Å². The van der Waals surface area contributed by atoms with E-state index in [-0.39, 0.29) is 6.04 Å². The third kappa shape index (κ3) is 4.94. The Labute approximate surface area is 86.8 Å². The van der Waals surface area contributed by atoms with Gasteiger partial charge in [0.15, 0.2) is 0 Å². The molecule has 14 heavy (non-hydrogen) atoms. The summed E-state index contributed by atoms with van der Waals surface area (Å²) in [5, 5.41) is 12.9. The lowest BCUT2D eigenvalue weighted by atomic mass is 10.0. The number of ether oxygens (including phenoxy) is 1. The highest BCUT2D eigenvalue weighted by molar-refractivity contribution is 4.79. The predicted molar refractivity (Wildman–Crippen MR) is 57.3 cm³/mol. The Morgan fingerprint density at radius 1 is 1.50 bits per heavy atom. The van der Waals surface area contributed by atoms with Gasteiger partial charge in [-0.3, -0.25) is 0 Å². The van der Waals surface area contributed by atoms with Gasteiger partial charge in [0.1, 0.15) is 0 Å². The van der Waals surface area contributed by atoms with Crippen LogP contribution in [0, 0.1) is 5.92 Å². The minimum Gasteiger partial charge on any atom is -0.389 e. The van der Waals surface area contributed by atoms with Crippen LogP contribution in [-0.4, -0.2) is 36.5 Å². The summed E-state index contributed by atoms with van der Waals surface area (Å²) in [6.45, 7) is 8.10. The van der Waals surface area contributed by atoms with Gasteiger partial charge >= 0.3 is 0 Å². The topological polar surface area (TPSA) is 41.5 Å². The van der Waals surface area contributed by atoms with Gasteiger partial charge in [0, 0.05) is 19.2 Å². The van der Waals surface area contributed by atoms with E-state index in [0.717, 1.165) is 25.7 Å². The molecule has 1 saturated carbocycles. The van der Waals surface area contributed by atoms with Gasteiger partial charge in [0.25, 0.3) is 0 Å². The Morgan fingerprint density at radius 3 is 2.64 bits per heavy atom. The molecule has 0 aromatic heterocycles. The molecule has 1 rings (SSSR count). The SMILES string of the molecule is CC(NCCOCC1CC1)C(C)(C)O. The maximum absolute atomic E-state index is 9.64. The summed E-state index contributed by atoms with van der Waals surface area (Å²) in [5.41, 5.74) is -0.656. The van der Waals surface area contributed by atoms with Gasteiger partial charge in [-0.25, -0.2) is 0 Å². The molecule has 1 aliphatic carbocycles. The molecular weight excluding hydrogens is 178 g/mol. The van der Waals surface area contributed by atoms with Crippen LogP contribution in [0.2, 0.25) is 0 Å². The molecule has 3 nitrogen and oxygen atoms in total. The summed E-state index contributed by atoms with van der Waals surface area (Å²) >= 11 is 0. The van der Waals surface area contributed by atoms with Crippen molar-refractivity contribution in [3.63, 3.8) is 0 Å². The molecule has 2 N–H and O–H groups in total. The van der Waals surface area contributed by atoms with Gasteiger partial charge in [-0.1, -0.05) is 0 Å². The van der Waals surface area contributed by atoms with Gasteiger partial charge in [-0.2, -0.15) is 0 Å². The van der Waals surface area contributed by atoms with Crippen LogP contribution in [0.4, 0.5) is 0 Å². The average molecular weight is 201 g/mol. The molecule has 84 valence electrons.